The maximum atomic E-state index is 13.5. The van der Waals surface area contributed by atoms with E-state index in [2.05, 4.69) is 25.7 Å². The molecule has 1 aromatic carbocycles. The second-order valence-electron chi connectivity index (χ2n) is 7.25. The summed E-state index contributed by atoms with van der Waals surface area (Å²) in [6, 6.07) is 5.45. The molecule has 0 unspecified atom stereocenters. The molecule has 0 bridgehead atoms. The van der Waals surface area contributed by atoms with Crippen LogP contribution in [0.1, 0.15) is 46.7 Å². The largest absolute Gasteiger partial charge is 0.347 e. The first kappa shape index (κ1) is 19.0. The van der Waals surface area contributed by atoms with E-state index < -0.39 is 0 Å². The fraction of sp³-hybridized carbons (Fsp3) is 0.350. The van der Waals surface area contributed by atoms with Crippen molar-refractivity contribution in [3.05, 3.63) is 54.0 Å². The predicted octanol–water partition coefficient (Wildman–Crippen LogP) is 1.97. The molecule has 0 radical (unpaired) electrons. The number of fused-ring (bicyclic) bond motifs is 1. The Hall–Kier alpha value is -3.36. The summed E-state index contributed by atoms with van der Waals surface area (Å²) in [4.78, 5) is 33.4. The molecule has 9 heteroatoms. The molecule has 0 aliphatic heterocycles. The summed E-state index contributed by atoms with van der Waals surface area (Å²) in [5.41, 5.74) is 0.971. The van der Waals surface area contributed by atoms with Gasteiger partial charge in [0.05, 0.1) is 11.1 Å². The van der Waals surface area contributed by atoms with Crippen molar-refractivity contribution in [2.24, 2.45) is 7.05 Å². The highest BCUT2D eigenvalue weighted by molar-refractivity contribution is 5.97. The molecule has 1 fully saturated rings. The Kier molecular flexibility index (Phi) is 5.20. The smallest absolute Gasteiger partial charge is 0.291 e. The molecule has 2 atom stereocenters. The Labute approximate surface area is 166 Å². The van der Waals surface area contributed by atoms with Crippen molar-refractivity contribution in [2.45, 2.75) is 37.8 Å². The molecule has 2 N–H and O–H groups in total. The van der Waals surface area contributed by atoms with E-state index in [1.165, 1.54) is 29.3 Å². The number of hydrogen-bond donors (Lipinski definition) is 2. The summed E-state index contributed by atoms with van der Waals surface area (Å²) in [7, 11) is 1.69. The monoisotopic (exact) mass is 396 g/mol. The lowest BCUT2D eigenvalue weighted by Gasteiger charge is -2.32. The minimum absolute atomic E-state index is 0.101. The zero-order valence-electron chi connectivity index (χ0n) is 15.9. The van der Waals surface area contributed by atoms with Crippen LogP contribution in [-0.2, 0) is 7.05 Å². The second kappa shape index (κ2) is 7.94. The Morgan fingerprint density at radius 1 is 1.07 bits per heavy atom. The number of aromatic nitrogens is 4. The van der Waals surface area contributed by atoms with Crippen LogP contribution in [0, 0.1) is 5.82 Å². The van der Waals surface area contributed by atoms with Crippen molar-refractivity contribution in [1.29, 1.82) is 0 Å². The molecule has 8 nitrogen and oxygen atoms in total. The molecule has 0 saturated heterocycles. The lowest BCUT2D eigenvalue weighted by molar-refractivity contribution is 0.0857. The number of carbonyl (C=O) groups excluding carboxylic acids is 2. The van der Waals surface area contributed by atoms with Crippen molar-refractivity contribution in [2.75, 3.05) is 0 Å². The van der Waals surface area contributed by atoms with Crippen LogP contribution in [0.2, 0.25) is 0 Å². The fourth-order valence-corrected chi connectivity index (χ4v) is 3.63. The highest BCUT2D eigenvalue weighted by Gasteiger charge is 2.29. The first-order chi connectivity index (χ1) is 14.0. The molecule has 2 heterocycles. The standard InChI is InChI=1S/C20H21FN6O2/c1-27-11-23-18(26-27)20(29)25-17-5-3-2-4-16(17)24-19(28)13-8-12-9-14(21)6-7-15(12)22-10-13/h6-11,16-17H,2-5H2,1H3,(H,24,28)(H,25,29)/t16-,17-/m1/s1. The first-order valence-electron chi connectivity index (χ1n) is 9.52. The van der Waals surface area contributed by atoms with Crippen LogP contribution >= 0.6 is 0 Å². The van der Waals surface area contributed by atoms with Crippen molar-refractivity contribution in [3.63, 3.8) is 0 Å². The minimum atomic E-state index is -0.380. The highest BCUT2D eigenvalue weighted by atomic mass is 19.1. The molecule has 29 heavy (non-hydrogen) atoms. The minimum Gasteiger partial charge on any atom is -0.347 e. The van der Waals surface area contributed by atoms with Crippen LogP contribution < -0.4 is 10.6 Å². The van der Waals surface area contributed by atoms with Gasteiger partial charge in [-0.3, -0.25) is 19.3 Å². The molecule has 1 saturated carbocycles. The summed E-state index contributed by atoms with van der Waals surface area (Å²) in [6.45, 7) is 0. The second-order valence-corrected chi connectivity index (χ2v) is 7.25. The van der Waals surface area contributed by atoms with E-state index >= 15 is 0 Å². The zero-order valence-corrected chi connectivity index (χ0v) is 15.9. The molecule has 0 spiro atoms. The van der Waals surface area contributed by atoms with Gasteiger partial charge < -0.3 is 10.6 Å². The van der Waals surface area contributed by atoms with Gasteiger partial charge in [0.1, 0.15) is 12.1 Å². The predicted molar refractivity (Wildman–Crippen MR) is 104 cm³/mol. The highest BCUT2D eigenvalue weighted by Crippen LogP contribution is 2.20. The van der Waals surface area contributed by atoms with Crippen molar-refractivity contribution >= 4 is 22.7 Å². The van der Waals surface area contributed by atoms with Gasteiger partial charge in [-0.2, -0.15) is 0 Å². The van der Waals surface area contributed by atoms with Gasteiger partial charge in [0, 0.05) is 30.7 Å². The number of rotatable bonds is 4. The molecule has 150 valence electrons. The normalized spacial score (nSPS) is 19.1. The van der Waals surface area contributed by atoms with E-state index in [0.29, 0.717) is 16.5 Å². The van der Waals surface area contributed by atoms with Crippen LogP contribution in [0.3, 0.4) is 0 Å². The molecule has 1 aliphatic carbocycles. The van der Waals surface area contributed by atoms with Crippen LogP contribution in [-0.4, -0.2) is 43.6 Å². The number of carbonyl (C=O) groups is 2. The quantitative estimate of drug-likeness (QED) is 0.702. The van der Waals surface area contributed by atoms with Gasteiger partial charge in [0.2, 0.25) is 5.82 Å². The lowest BCUT2D eigenvalue weighted by atomic mass is 9.90. The van der Waals surface area contributed by atoms with E-state index in [1.54, 1.807) is 19.2 Å². The van der Waals surface area contributed by atoms with Gasteiger partial charge in [0.15, 0.2) is 0 Å². The maximum absolute atomic E-state index is 13.5. The SMILES string of the molecule is Cn1cnc(C(=O)N[C@@H]2CCCC[C@H]2NC(=O)c2cnc3ccc(F)cc3c2)n1. The summed E-state index contributed by atoms with van der Waals surface area (Å²) in [5.74, 6) is -0.940. The number of amides is 2. The molecular formula is C20H21FN6O2. The van der Waals surface area contributed by atoms with Gasteiger partial charge in [0.25, 0.3) is 11.8 Å². The van der Waals surface area contributed by atoms with Crippen molar-refractivity contribution in [1.82, 2.24) is 30.4 Å². The third kappa shape index (κ3) is 4.23. The number of hydrogen-bond acceptors (Lipinski definition) is 5. The van der Waals surface area contributed by atoms with E-state index in [1.807, 2.05) is 0 Å². The lowest BCUT2D eigenvalue weighted by Crippen LogP contribution is -2.53. The summed E-state index contributed by atoms with van der Waals surface area (Å²) < 4.78 is 14.9. The van der Waals surface area contributed by atoms with Gasteiger partial charge in [-0.05, 0) is 37.1 Å². The third-order valence-corrected chi connectivity index (χ3v) is 5.11. The number of pyridine rings is 1. The fourth-order valence-electron chi connectivity index (χ4n) is 3.63. The van der Waals surface area contributed by atoms with Gasteiger partial charge in [-0.1, -0.05) is 12.8 Å². The Morgan fingerprint density at radius 2 is 1.79 bits per heavy atom. The molecule has 2 amide bonds. The van der Waals surface area contributed by atoms with Crippen LogP contribution in [0.4, 0.5) is 4.39 Å². The summed E-state index contributed by atoms with van der Waals surface area (Å²) in [6.07, 6.45) is 6.37. The third-order valence-electron chi connectivity index (χ3n) is 5.11. The maximum Gasteiger partial charge on any atom is 0.291 e. The van der Waals surface area contributed by atoms with E-state index in [-0.39, 0.29) is 35.5 Å². The average molecular weight is 396 g/mol. The zero-order chi connectivity index (χ0) is 20.4. The van der Waals surface area contributed by atoms with Gasteiger partial charge >= 0.3 is 0 Å². The molecule has 3 aromatic rings. The molecule has 2 aromatic heterocycles. The van der Waals surface area contributed by atoms with Crippen LogP contribution in [0.5, 0.6) is 0 Å². The number of benzene rings is 1. The Balaban J connectivity index is 1.47. The summed E-state index contributed by atoms with van der Waals surface area (Å²) in [5, 5.41) is 10.5. The Morgan fingerprint density at radius 3 is 2.48 bits per heavy atom. The topological polar surface area (TPSA) is 102 Å². The first-order valence-corrected chi connectivity index (χ1v) is 9.52. The number of aryl methyl sites for hydroxylation is 1. The van der Waals surface area contributed by atoms with E-state index in [4.69, 9.17) is 0 Å². The summed E-state index contributed by atoms with van der Waals surface area (Å²) >= 11 is 0. The molecule has 4 rings (SSSR count). The number of nitrogens with one attached hydrogen (secondary N) is 2. The van der Waals surface area contributed by atoms with E-state index in [9.17, 15) is 14.0 Å². The average Bonchev–Trinajstić information content (AvgIpc) is 3.15. The van der Waals surface area contributed by atoms with E-state index in [0.717, 1.165) is 25.7 Å². The molecule has 1 aliphatic rings. The van der Waals surface area contributed by atoms with Gasteiger partial charge in [-0.25, -0.2) is 9.37 Å². The molecular weight excluding hydrogens is 375 g/mol. The number of halogens is 1. The van der Waals surface area contributed by atoms with Crippen molar-refractivity contribution in [3.8, 4) is 0 Å². The van der Waals surface area contributed by atoms with Crippen LogP contribution in [0.15, 0.2) is 36.8 Å². The Bertz CT molecular complexity index is 1070. The number of nitrogens with zero attached hydrogens (tertiary/aromatic N) is 4. The van der Waals surface area contributed by atoms with Crippen molar-refractivity contribution < 1.29 is 14.0 Å². The van der Waals surface area contributed by atoms with Crippen LogP contribution in [0.25, 0.3) is 10.9 Å². The van der Waals surface area contributed by atoms with Gasteiger partial charge in [-0.15, -0.1) is 5.10 Å².